The molecule has 0 heterocycles. The second kappa shape index (κ2) is 5.43. The molecule has 2 aromatic rings. The minimum Gasteiger partial charge on any atom is -0.384 e. The molecule has 0 saturated heterocycles. The maximum Gasteiger partial charge on any atom is 0.123 e. The van der Waals surface area contributed by atoms with E-state index in [9.17, 15) is 9.50 Å². The van der Waals surface area contributed by atoms with E-state index >= 15 is 0 Å². The van der Waals surface area contributed by atoms with Crippen molar-refractivity contribution < 1.29 is 9.50 Å². The van der Waals surface area contributed by atoms with Gasteiger partial charge in [-0.2, -0.15) is 0 Å². The highest BCUT2D eigenvalue weighted by molar-refractivity contribution is 9.10. The van der Waals surface area contributed by atoms with Gasteiger partial charge in [0.05, 0.1) is 0 Å². The van der Waals surface area contributed by atoms with Crippen molar-refractivity contribution in [2.45, 2.75) is 26.9 Å². The topological polar surface area (TPSA) is 20.2 Å². The molecule has 3 heteroatoms. The Balaban J connectivity index is 2.52. The van der Waals surface area contributed by atoms with Crippen molar-refractivity contribution in [1.82, 2.24) is 0 Å². The number of halogens is 2. The van der Waals surface area contributed by atoms with Crippen molar-refractivity contribution in [3.63, 3.8) is 0 Å². The Bertz CT molecular complexity index is 622. The summed E-state index contributed by atoms with van der Waals surface area (Å²) in [7, 11) is 0. The standard InChI is InChI=1S/C16H16BrFO/c1-9-4-5-12(18)8-14(9)16(19)13-6-11(3)15(17)7-10(13)2/h4-8,16,19H,1-3H3. The summed E-state index contributed by atoms with van der Waals surface area (Å²) in [5.74, 6) is -0.328. The van der Waals surface area contributed by atoms with Crippen LogP contribution in [-0.2, 0) is 0 Å². The van der Waals surface area contributed by atoms with Gasteiger partial charge in [0.15, 0.2) is 0 Å². The van der Waals surface area contributed by atoms with Crippen LogP contribution in [0.15, 0.2) is 34.8 Å². The van der Waals surface area contributed by atoms with E-state index in [1.54, 1.807) is 6.07 Å². The Labute approximate surface area is 121 Å². The van der Waals surface area contributed by atoms with E-state index in [1.165, 1.54) is 12.1 Å². The quantitative estimate of drug-likeness (QED) is 0.857. The fourth-order valence-corrected chi connectivity index (χ4v) is 2.63. The third-order valence-corrected chi connectivity index (χ3v) is 4.23. The monoisotopic (exact) mass is 322 g/mol. The van der Waals surface area contributed by atoms with Crippen LogP contribution in [0.1, 0.15) is 33.9 Å². The molecule has 0 aliphatic carbocycles. The molecule has 2 aromatic carbocycles. The van der Waals surface area contributed by atoms with Crippen molar-refractivity contribution in [2.24, 2.45) is 0 Å². The van der Waals surface area contributed by atoms with E-state index in [1.807, 2.05) is 32.9 Å². The van der Waals surface area contributed by atoms with Gasteiger partial charge in [-0.1, -0.05) is 28.1 Å². The normalized spacial score (nSPS) is 12.5. The number of aryl methyl sites for hydroxylation is 3. The average Bonchev–Trinajstić information content (AvgIpc) is 2.36. The van der Waals surface area contributed by atoms with E-state index in [2.05, 4.69) is 15.9 Å². The number of hydrogen-bond donors (Lipinski definition) is 1. The number of benzene rings is 2. The van der Waals surface area contributed by atoms with E-state index in [-0.39, 0.29) is 5.82 Å². The molecule has 0 aromatic heterocycles. The molecule has 0 amide bonds. The Morgan fingerprint density at radius 3 is 2.26 bits per heavy atom. The van der Waals surface area contributed by atoms with Crippen molar-refractivity contribution >= 4 is 15.9 Å². The molecule has 0 aliphatic heterocycles. The lowest BCUT2D eigenvalue weighted by molar-refractivity contribution is 0.218. The van der Waals surface area contributed by atoms with Gasteiger partial charge in [0.25, 0.3) is 0 Å². The van der Waals surface area contributed by atoms with Crippen LogP contribution < -0.4 is 0 Å². The first kappa shape index (κ1) is 14.2. The Kier molecular flexibility index (Phi) is 4.07. The van der Waals surface area contributed by atoms with Crippen LogP contribution in [0, 0.1) is 26.6 Å². The van der Waals surface area contributed by atoms with Gasteiger partial charge in [0.2, 0.25) is 0 Å². The molecule has 1 unspecified atom stereocenters. The first-order valence-corrected chi connectivity index (χ1v) is 6.90. The highest BCUT2D eigenvalue weighted by Crippen LogP contribution is 2.31. The van der Waals surface area contributed by atoms with Gasteiger partial charge in [-0.3, -0.25) is 0 Å². The predicted octanol–water partition coefficient (Wildman–Crippen LogP) is 4.60. The van der Waals surface area contributed by atoms with Crippen LogP contribution in [-0.4, -0.2) is 5.11 Å². The zero-order valence-corrected chi connectivity index (χ0v) is 12.8. The van der Waals surface area contributed by atoms with Crippen molar-refractivity contribution in [3.05, 3.63) is 68.4 Å². The molecule has 0 saturated carbocycles. The smallest absolute Gasteiger partial charge is 0.123 e. The van der Waals surface area contributed by atoms with E-state index in [4.69, 9.17) is 0 Å². The summed E-state index contributed by atoms with van der Waals surface area (Å²) in [5, 5.41) is 10.5. The summed E-state index contributed by atoms with van der Waals surface area (Å²) in [5.41, 5.74) is 4.34. The molecule has 1 N–H and O–H groups in total. The van der Waals surface area contributed by atoms with Crippen LogP contribution in [0.5, 0.6) is 0 Å². The molecule has 1 atom stereocenters. The van der Waals surface area contributed by atoms with Crippen LogP contribution in [0.3, 0.4) is 0 Å². The molecule has 2 rings (SSSR count). The third kappa shape index (κ3) is 2.88. The van der Waals surface area contributed by atoms with Crippen molar-refractivity contribution in [3.8, 4) is 0 Å². The van der Waals surface area contributed by atoms with Gasteiger partial charge >= 0.3 is 0 Å². The fourth-order valence-electron chi connectivity index (χ4n) is 2.17. The highest BCUT2D eigenvalue weighted by atomic mass is 79.9. The van der Waals surface area contributed by atoms with Crippen molar-refractivity contribution in [2.75, 3.05) is 0 Å². The van der Waals surface area contributed by atoms with Crippen molar-refractivity contribution in [1.29, 1.82) is 0 Å². The number of aliphatic hydroxyl groups excluding tert-OH is 1. The predicted molar refractivity (Wildman–Crippen MR) is 78.8 cm³/mol. The molecule has 19 heavy (non-hydrogen) atoms. The number of rotatable bonds is 2. The lowest BCUT2D eigenvalue weighted by Gasteiger charge is -2.18. The minimum atomic E-state index is -0.803. The first-order chi connectivity index (χ1) is 8.90. The fraction of sp³-hybridized carbons (Fsp3) is 0.250. The summed E-state index contributed by atoms with van der Waals surface area (Å²) in [6.07, 6.45) is -0.803. The maximum absolute atomic E-state index is 13.3. The molecular formula is C16H16BrFO. The molecule has 0 bridgehead atoms. The summed E-state index contributed by atoms with van der Waals surface area (Å²) >= 11 is 3.47. The summed E-state index contributed by atoms with van der Waals surface area (Å²) in [4.78, 5) is 0. The van der Waals surface area contributed by atoms with Crippen LogP contribution in [0.4, 0.5) is 4.39 Å². The third-order valence-electron chi connectivity index (χ3n) is 3.38. The van der Waals surface area contributed by atoms with Crippen LogP contribution >= 0.6 is 15.9 Å². The maximum atomic E-state index is 13.3. The first-order valence-electron chi connectivity index (χ1n) is 6.11. The molecular weight excluding hydrogens is 307 g/mol. The summed E-state index contributed by atoms with van der Waals surface area (Å²) < 4.78 is 14.4. The number of aliphatic hydroxyl groups is 1. The van der Waals surface area contributed by atoms with E-state index in [0.717, 1.165) is 26.7 Å². The Morgan fingerprint density at radius 2 is 1.58 bits per heavy atom. The van der Waals surface area contributed by atoms with Gasteiger partial charge in [-0.15, -0.1) is 0 Å². The second-order valence-electron chi connectivity index (χ2n) is 4.86. The lowest BCUT2D eigenvalue weighted by atomic mass is 9.93. The van der Waals surface area contributed by atoms with Gasteiger partial charge in [0, 0.05) is 4.47 Å². The SMILES string of the molecule is Cc1cc(C(O)c2cc(F)ccc2C)c(C)cc1Br. The molecule has 100 valence electrons. The van der Waals surface area contributed by atoms with Gasteiger partial charge in [-0.25, -0.2) is 4.39 Å². The molecule has 0 radical (unpaired) electrons. The Morgan fingerprint density at radius 1 is 0.947 bits per heavy atom. The molecule has 0 fully saturated rings. The van der Waals surface area contributed by atoms with E-state index < -0.39 is 6.10 Å². The Hall–Kier alpha value is -1.19. The van der Waals surface area contributed by atoms with Crippen LogP contribution in [0.2, 0.25) is 0 Å². The highest BCUT2D eigenvalue weighted by Gasteiger charge is 2.17. The largest absolute Gasteiger partial charge is 0.384 e. The second-order valence-corrected chi connectivity index (χ2v) is 5.72. The number of hydrogen-bond acceptors (Lipinski definition) is 1. The van der Waals surface area contributed by atoms with Gasteiger partial charge in [-0.05, 0) is 66.8 Å². The zero-order valence-electron chi connectivity index (χ0n) is 11.2. The minimum absolute atomic E-state index is 0.328. The van der Waals surface area contributed by atoms with Crippen LogP contribution in [0.25, 0.3) is 0 Å². The molecule has 0 aliphatic rings. The molecule has 1 nitrogen and oxygen atoms in total. The van der Waals surface area contributed by atoms with Gasteiger partial charge < -0.3 is 5.11 Å². The van der Waals surface area contributed by atoms with E-state index in [0.29, 0.717) is 5.56 Å². The molecule has 0 spiro atoms. The zero-order chi connectivity index (χ0) is 14.2. The summed E-state index contributed by atoms with van der Waals surface area (Å²) in [6.45, 7) is 5.79. The average molecular weight is 323 g/mol. The van der Waals surface area contributed by atoms with Gasteiger partial charge in [0.1, 0.15) is 11.9 Å². The lowest BCUT2D eigenvalue weighted by Crippen LogP contribution is -2.05. The summed E-state index contributed by atoms with van der Waals surface area (Å²) in [6, 6.07) is 8.41.